The Bertz CT molecular complexity index is 588. The van der Waals surface area contributed by atoms with Crippen LogP contribution in [0.2, 0.25) is 0 Å². The number of pyridine rings is 1. The summed E-state index contributed by atoms with van der Waals surface area (Å²) in [5.41, 5.74) is 2.63. The predicted molar refractivity (Wildman–Crippen MR) is 81.0 cm³/mol. The fraction of sp³-hybridized carbons (Fsp3) is 0.125. The molecule has 0 aliphatic heterocycles. The highest BCUT2D eigenvalue weighted by Gasteiger charge is 2.06. The number of thioether (sulfide) groups is 1. The third-order valence-corrected chi connectivity index (χ3v) is 3.54. The van der Waals surface area contributed by atoms with E-state index in [1.54, 1.807) is 31.1 Å². The minimum Gasteiger partial charge on any atom is -0.294 e. The van der Waals surface area contributed by atoms with E-state index < -0.39 is 0 Å². The number of benzene rings is 1. The van der Waals surface area contributed by atoms with Gasteiger partial charge in [0.2, 0.25) is 0 Å². The predicted octanol–water partition coefficient (Wildman–Crippen LogP) is 3.93. The van der Waals surface area contributed by atoms with E-state index in [0.29, 0.717) is 5.57 Å². The van der Waals surface area contributed by atoms with E-state index in [2.05, 4.69) is 17.1 Å². The van der Waals surface area contributed by atoms with Crippen LogP contribution in [0.15, 0.2) is 53.7 Å². The SMILES string of the molecule is CSc1ccc(C=C(C(C)=O)c2ccncc2)cc1. The summed E-state index contributed by atoms with van der Waals surface area (Å²) in [6.45, 7) is 1.59. The largest absolute Gasteiger partial charge is 0.294 e. The maximum atomic E-state index is 11.8. The van der Waals surface area contributed by atoms with Gasteiger partial charge in [-0.15, -0.1) is 11.8 Å². The van der Waals surface area contributed by atoms with Gasteiger partial charge in [-0.25, -0.2) is 0 Å². The van der Waals surface area contributed by atoms with Crippen LogP contribution in [0.25, 0.3) is 11.6 Å². The summed E-state index contributed by atoms with van der Waals surface area (Å²) < 4.78 is 0. The van der Waals surface area contributed by atoms with Crippen molar-refractivity contribution in [1.82, 2.24) is 4.98 Å². The van der Waals surface area contributed by atoms with E-state index >= 15 is 0 Å². The maximum Gasteiger partial charge on any atom is 0.160 e. The molecule has 0 saturated heterocycles. The van der Waals surface area contributed by atoms with Crippen molar-refractivity contribution in [3.05, 3.63) is 59.9 Å². The second kappa shape index (κ2) is 6.34. The molecule has 0 aliphatic rings. The molecular weight excluding hydrogens is 254 g/mol. The van der Waals surface area contributed by atoms with Crippen LogP contribution in [0.4, 0.5) is 0 Å². The summed E-state index contributed by atoms with van der Waals surface area (Å²) >= 11 is 1.70. The summed E-state index contributed by atoms with van der Waals surface area (Å²) in [6.07, 6.45) is 7.36. The molecule has 1 aromatic heterocycles. The first-order chi connectivity index (χ1) is 9.20. The molecule has 0 unspecified atom stereocenters. The highest BCUT2D eigenvalue weighted by molar-refractivity contribution is 7.98. The molecule has 3 heteroatoms. The molecule has 0 bridgehead atoms. The normalized spacial score (nSPS) is 11.4. The summed E-state index contributed by atoms with van der Waals surface area (Å²) in [4.78, 5) is 17.0. The number of nitrogens with zero attached hydrogens (tertiary/aromatic N) is 1. The van der Waals surface area contributed by atoms with Gasteiger partial charge in [0.15, 0.2) is 5.78 Å². The van der Waals surface area contributed by atoms with E-state index in [-0.39, 0.29) is 5.78 Å². The number of aromatic nitrogens is 1. The Morgan fingerprint density at radius 1 is 1.11 bits per heavy atom. The zero-order valence-corrected chi connectivity index (χ0v) is 11.8. The molecular formula is C16H15NOS. The monoisotopic (exact) mass is 269 g/mol. The first kappa shape index (κ1) is 13.6. The van der Waals surface area contributed by atoms with Crippen LogP contribution in [0.5, 0.6) is 0 Å². The van der Waals surface area contributed by atoms with Crippen molar-refractivity contribution in [2.75, 3.05) is 6.26 Å². The number of ketones is 1. The molecule has 0 N–H and O–H groups in total. The molecule has 2 nitrogen and oxygen atoms in total. The van der Waals surface area contributed by atoms with Gasteiger partial charge in [0, 0.05) is 22.9 Å². The molecule has 0 aliphatic carbocycles. The van der Waals surface area contributed by atoms with E-state index in [9.17, 15) is 4.79 Å². The molecule has 0 spiro atoms. The highest BCUT2D eigenvalue weighted by Crippen LogP contribution is 2.21. The lowest BCUT2D eigenvalue weighted by Crippen LogP contribution is -1.96. The lowest BCUT2D eigenvalue weighted by molar-refractivity contribution is -0.111. The molecule has 0 amide bonds. The van der Waals surface area contributed by atoms with Crippen LogP contribution in [0, 0.1) is 0 Å². The van der Waals surface area contributed by atoms with Crippen LogP contribution < -0.4 is 0 Å². The van der Waals surface area contributed by atoms with Gasteiger partial charge in [-0.1, -0.05) is 12.1 Å². The third kappa shape index (κ3) is 3.55. The quantitative estimate of drug-likeness (QED) is 0.622. The fourth-order valence-electron chi connectivity index (χ4n) is 1.79. The standard InChI is InChI=1S/C16H15NOS/c1-12(18)16(14-7-9-17-10-8-14)11-13-3-5-15(19-2)6-4-13/h3-11H,1-2H3. The second-order valence-corrected chi connectivity index (χ2v) is 5.00. The molecule has 0 saturated carbocycles. The minimum atomic E-state index is 0.0557. The van der Waals surface area contributed by atoms with Crippen LogP contribution in [0.3, 0.4) is 0 Å². The Hall–Kier alpha value is -1.87. The van der Waals surface area contributed by atoms with Crippen molar-refractivity contribution in [2.45, 2.75) is 11.8 Å². The Morgan fingerprint density at radius 3 is 2.26 bits per heavy atom. The molecule has 1 aromatic carbocycles. The smallest absolute Gasteiger partial charge is 0.160 e. The van der Waals surface area contributed by atoms with Crippen LogP contribution >= 0.6 is 11.8 Å². The summed E-state index contributed by atoms with van der Waals surface area (Å²) in [6, 6.07) is 11.9. The van der Waals surface area contributed by atoms with Gasteiger partial charge < -0.3 is 0 Å². The lowest BCUT2D eigenvalue weighted by atomic mass is 10.0. The zero-order valence-electron chi connectivity index (χ0n) is 11.0. The molecule has 0 radical (unpaired) electrons. The topological polar surface area (TPSA) is 30.0 Å². The van der Waals surface area contributed by atoms with E-state index in [1.807, 2.05) is 36.6 Å². The van der Waals surface area contributed by atoms with Gasteiger partial charge in [0.1, 0.15) is 0 Å². The molecule has 96 valence electrons. The number of allylic oxidation sites excluding steroid dienone is 1. The average molecular weight is 269 g/mol. The van der Waals surface area contributed by atoms with E-state index in [4.69, 9.17) is 0 Å². The number of hydrogen-bond acceptors (Lipinski definition) is 3. The summed E-state index contributed by atoms with van der Waals surface area (Å²) in [5, 5.41) is 0. The summed E-state index contributed by atoms with van der Waals surface area (Å²) in [7, 11) is 0. The van der Waals surface area contributed by atoms with Crippen molar-refractivity contribution in [2.24, 2.45) is 0 Å². The Morgan fingerprint density at radius 2 is 1.74 bits per heavy atom. The van der Waals surface area contributed by atoms with Gasteiger partial charge in [0.05, 0.1) is 0 Å². The van der Waals surface area contributed by atoms with Gasteiger partial charge in [-0.05, 0) is 54.6 Å². The van der Waals surface area contributed by atoms with Crippen molar-refractivity contribution >= 4 is 29.2 Å². The van der Waals surface area contributed by atoms with Crippen LogP contribution in [-0.4, -0.2) is 17.0 Å². The van der Waals surface area contributed by atoms with Crippen molar-refractivity contribution < 1.29 is 4.79 Å². The molecule has 0 atom stereocenters. The van der Waals surface area contributed by atoms with Crippen molar-refractivity contribution in [1.29, 1.82) is 0 Å². The first-order valence-corrected chi connectivity index (χ1v) is 7.20. The van der Waals surface area contributed by atoms with E-state index in [0.717, 1.165) is 11.1 Å². The fourth-order valence-corrected chi connectivity index (χ4v) is 2.19. The Labute approximate surface area is 117 Å². The number of carbonyl (C=O) groups excluding carboxylic acids is 1. The Balaban J connectivity index is 2.38. The maximum absolute atomic E-state index is 11.8. The van der Waals surface area contributed by atoms with E-state index in [1.165, 1.54) is 4.90 Å². The number of hydrogen-bond donors (Lipinski definition) is 0. The third-order valence-electron chi connectivity index (χ3n) is 2.80. The number of Topliss-reactive ketones (excluding diaryl/α,β-unsaturated/α-hetero) is 1. The van der Waals surface area contributed by atoms with Gasteiger partial charge in [-0.3, -0.25) is 9.78 Å². The van der Waals surface area contributed by atoms with Gasteiger partial charge >= 0.3 is 0 Å². The molecule has 0 fully saturated rings. The van der Waals surface area contributed by atoms with Gasteiger partial charge in [0.25, 0.3) is 0 Å². The molecule has 2 rings (SSSR count). The van der Waals surface area contributed by atoms with Crippen molar-refractivity contribution in [3.63, 3.8) is 0 Å². The Kier molecular flexibility index (Phi) is 4.53. The minimum absolute atomic E-state index is 0.0557. The number of rotatable bonds is 4. The van der Waals surface area contributed by atoms with Gasteiger partial charge in [-0.2, -0.15) is 0 Å². The molecule has 1 heterocycles. The highest BCUT2D eigenvalue weighted by atomic mass is 32.2. The number of carbonyl (C=O) groups is 1. The lowest BCUT2D eigenvalue weighted by Gasteiger charge is -2.04. The first-order valence-electron chi connectivity index (χ1n) is 5.98. The average Bonchev–Trinajstić information content (AvgIpc) is 2.46. The zero-order chi connectivity index (χ0) is 13.7. The van der Waals surface area contributed by atoms with Crippen LogP contribution in [-0.2, 0) is 4.79 Å². The molecule has 2 aromatic rings. The van der Waals surface area contributed by atoms with Crippen molar-refractivity contribution in [3.8, 4) is 0 Å². The molecule has 19 heavy (non-hydrogen) atoms. The van der Waals surface area contributed by atoms with Crippen LogP contribution in [0.1, 0.15) is 18.1 Å². The summed E-state index contributed by atoms with van der Waals surface area (Å²) in [5.74, 6) is 0.0557. The second-order valence-electron chi connectivity index (χ2n) is 4.12.